The highest BCUT2D eigenvalue weighted by Crippen LogP contribution is 2.26. The second-order valence-electron chi connectivity index (χ2n) is 7.08. The Hall–Kier alpha value is -2.13. The van der Waals surface area contributed by atoms with E-state index in [0.29, 0.717) is 6.42 Å². The van der Waals surface area contributed by atoms with Gasteiger partial charge in [0.05, 0.1) is 6.42 Å². The van der Waals surface area contributed by atoms with Crippen molar-refractivity contribution in [1.29, 1.82) is 0 Å². The molecule has 0 bridgehead atoms. The zero-order valence-corrected chi connectivity index (χ0v) is 14.3. The third-order valence-electron chi connectivity index (χ3n) is 4.95. The molecule has 1 aliphatic rings. The topological polar surface area (TPSA) is 41.1 Å². The molecule has 1 amide bonds. The monoisotopic (exact) mass is 322 g/mol. The largest absolute Gasteiger partial charge is 0.355 e. The molecule has 0 aromatic heterocycles. The minimum atomic E-state index is 0.113. The summed E-state index contributed by atoms with van der Waals surface area (Å²) in [6, 6.07) is 18.6. The summed E-state index contributed by atoms with van der Waals surface area (Å²) in [7, 11) is 0. The van der Waals surface area contributed by atoms with Gasteiger partial charge in [0.25, 0.3) is 0 Å². The molecular weight excluding hydrogens is 296 g/mol. The van der Waals surface area contributed by atoms with Crippen molar-refractivity contribution < 1.29 is 4.79 Å². The number of piperidine rings is 1. The zero-order chi connectivity index (χ0) is 16.8. The number of hydrogen-bond donors (Lipinski definition) is 2. The van der Waals surface area contributed by atoms with Crippen LogP contribution in [0.3, 0.4) is 0 Å². The Labute approximate surface area is 144 Å². The molecule has 24 heavy (non-hydrogen) atoms. The van der Waals surface area contributed by atoms with Crippen LogP contribution in [0.1, 0.15) is 25.3 Å². The molecule has 1 aliphatic heterocycles. The molecule has 0 aliphatic carbocycles. The van der Waals surface area contributed by atoms with Crippen molar-refractivity contribution in [2.24, 2.45) is 5.41 Å². The molecule has 2 aromatic rings. The number of rotatable bonds is 5. The first-order valence-corrected chi connectivity index (χ1v) is 8.76. The molecule has 3 heteroatoms. The number of carbonyl (C=O) groups is 1. The maximum Gasteiger partial charge on any atom is 0.224 e. The molecule has 2 aromatic carbocycles. The van der Waals surface area contributed by atoms with Gasteiger partial charge in [-0.1, -0.05) is 61.5 Å². The smallest absolute Gasteiger partial charge is 0.224 e. The Bertz CT molecular complexity index is 658. The van der Waals surface area contributed by atoms with Crippen LogP contribution in [0.4, 0.5) is 0 Å². The summed E-state index contributed by atoms with van der Waals surface area (Å²) in [6.45, 7) is 5.14. The fraction of sp³-hybridized carbons (Fsp3) is 0.381. The van der Waals surface area contributed by atoms with Gasteiger partial charge in [0.15, 0.2) is 0 Å². The lowest BCUT2D eigenvalue weighted by atomic mass is 9.81. The van der Waals surface area contributed by atoms with Crippen molar-refractivity contribution in [1.82, 2.24) is 10.6 Å². The molecular formula is C21H26N2O. The van der Waals surface area contributed by atoms with Crippen LogP contribution in [-0.2, 0) is 11.2 Å². The second-order valence-corrected chi connectivity index (χ2v) is 7.08. The first-order valence-electron chi connectivity index (χ1n) is 8.76. The summed E-state index contributed by atoms with van der Waals surface area (Å²) in [5.74, 6) is 0.113. The Morgan fingerprint density at radius 3 is 2.29 bits per heavy atom. The van der Waals surface area contributed by atoms with Crippen LogP contribution in [0.5, 0.6) is 0 Å². The summed E-state index contributed by atoms with van der Waals surface area (Å²) >= 11 is 0. The lowest BCUT2D eigenvalue weighted by Gasteiger charge is -2.34. The summed E-state index contributed by atoms with van der Waals surface area (Å²) < 4.78 is 0. The van der Waals surface area contributed by atoms with Gasteiger partial charge in [-0.05, 0) is 48.0 Å². The SMILES string of the molecule is CC1(CNC(=O)Cc2ccc(-c3ccccc3)cc2)CCNCC1. The average molecular weight is 322 g/mol. The van der Waals surface area contributed by atoms with Crippen molar-refractivity contribution >= 4 is 5.91 Å². The number of hydrogen-bond acceptors (Lipinski definition) is 2. The van der Waals surface area contributed by atoms with Crippen LogP contribution >= 0.6 is 0 Å². The highest BCUT2D eigenvalue weighted by Gasteiger charge is 2.26. The fourth-order valence-corrected chi connectivity index (χ4v) is 3.21. The van der Waals surface area contributed by atoms with E-state index in [0.717, 1.165) is 38.0 Å². The van der Waals surface area contributed by atoms with Gasteiger partial charge in [-0.25, -0.2) is 0 Å². The van der Waals surface area contributed by atoms with Crippen LogP contribution < -0.4 is 10.6 Å². The molecule has 1 saturated heterocycles. The van der Waals surface area contributed by atoms with Gasteiger partial charge in [0, 0.05) is 6.54 Å². The Morgan fingerprint density at radius 2 is 1.62 bits per heavy atom. The first kappa shape index (κ1) is 16.7. The van der Waals surface area contributed by atoms with E-state index < -0.39 is 0 Å². The van der Waals surface area contributed by atoms with Crippen molar-refractivity contribution in [3.63, 3.8) is 0 Å². The summed E-state index contributed by atoms with van der Waals surface area (Å²) in [4.78, 5) is 12.2. The van der Waals surface area contributed by atoms with Crippen molar-refractivity contribution in [2.75, 3.05) is 19.6 Å². The van der Waals surface area contributed by atoms with E-state index in [1.54, 1.807) is 0 Å². The Morgan fingerprint density at radius 1 is 1.00 bits per heavy atom. The normalized spacial score (nSPS) is 16.5. The fourth-order valence-electron chi connectivity index (χ4n) is 3.21. The molecule has 1 heterocycles. The summed E-state index contributed by atoms with van der Waals surface area (Å²) in [5, 5.41) is 6.49. The van der Waals surface area contributed by atoms with Crippen molar-refractivity contribution in [3.8, 4) is 11.1 Å². The predicted molar refractivity (Wildman–Crippen MR) is 98.8 cm³/mol. The van der Waals surface area contributed by atoms with E-state index in [4.69, 9.17) is 0 Å². The molecule has 2 N–H and O–H groups in total. The van der Waals surface area contributed by atoms with E-state index in [1.165, 1.54) is 11.1 Å². The highest BCUT2D eigenvalue weighted by molar-refractivity contribution is 5.79. The quantitative estimate of drug-likeness (QED) is 0.886. The minimum Gasteiger partial charge on any atom is -0.355 e. The molecule has 126 valence electrons. The van der Waals surface area contributed by atoms with Crippen LogP contribution in [0.25, 0.3) is 11.1 Å². The van der Waals surface area contributed by atoms with E-state index >= 15 is 0 Å². The molecule has 0 saturated carbocycles. The maximum absolute atomic E-state index is 12.2. The zero-order valence-electron chi connectivity index (χ0n) is 14.3. The molecule has 0 spiro atoms. The number of amides is 1. The molecule has 3 nitrogen and oxygen atoms in total. The van der Waals surface area contributed by atoms with Crippen molar-refractivity contribution in [3.05, 3.63) is 60.2 Å². The van der Waals surface area contributed by atoms with Gasteiger partial charge in [-0.2, -0.15) is 0 Å². The van der Waals surface area contributed by atoms with E-state index in [2.05, 4.69) is 41.8 Å². The molecule has 0 radical (unpaired) electrons. The van der Waals surface area contributed by atoms with Gasteiger partial charge >= 0.3 is 0 Å². The average Bonchev–Trinajstić information content (AvgIpc) is 2.62. The predicted octanol–water partition coefficient (Wildman–Crippen LogP) is 3.40. The molecule has 1 fully saturated rings. The molecule has 0 atom stereocenters. The second kappa shape index (κ2) is 7.63. The van der Waals surface area contributed by atoms with Crippen LogP contribution in [0, 0.1) is 5.41 Å². The van der Waals surface area contributed by atoms with Gasteiger partial charge in [-0.15, -0.1) is 0 Å². The van der Waals surface area contributed by atoms with Crippen LogP contribution in [0.2, 0.25) is 0 Å². The van der Waals surface area contributed by atoms with Gasteiger partial charge < -0.3 is 10.6 Å². The maximum atomic E-state index is 12.2. The number of benzene rings is 2. The lowest BCUT2D eigenvalue weighted by molar-refractivity contribution is -0.121. The van der Waals surface area contributed by atoms with Crippen LogP contribution in [0.15, 0.2) is 54.6 Å². The van der Waals surface area contributed by atoms with E-state index in [-0.39, 0.29) is 11.3 Å². The standard InChI is InChI=1S/C21H26N2O/c1-21(11-13-22-14-12-21)16-23-20(24)15-17-7-9-19(10-8-17)18-5-3-2-4-6-18/h2-10,22H,11-16H2,1H3,(H,23,24). The van der Waals surface area contributed by atoms with E-state index in [1.807, 2.05) is 30.3 Å². The third-order valence-corrected chi connectivity index (χ3v) is 4.95. The lowest BCUT2D eigenvalue weighted by Crippen LogP contribution is -2.43. The minimum absolute atomic E-state index is 0.113. The number of carbonyl (C=O) groups excluding carboxylic acids is 1. The summed E-state index contributed by atoms with van der Waals surface area (Å²) in [6.07, 6.45) is 2.70. The first-order chi connectivity index (χ1) is 11.6. The Balaban J connectivity index is 1.53. The van der Waals surface area contributed by atoms with Gasteiger partial charge in [-0.3, -0.25) is 4.79 Å². The highest BCUT2D eigenvalue weighted by atomic mass is 16.1. The third kappa shape index (κ3) is 4.45. The Kier molecular flexibility index (Phi) is 5.31. The number of nitrogens with one attached hydrogen (secondary N) is 2. The van der Waals surface area contributed by atoms with Gasteiger partial charge in [0.1, 0.15) is 0 Å². The summed E-state index contributed by atoms with van der Waals surface area (Å²) in [5.41, 5.74) is 3.68. The van der Waals surface area contributed by atoms with Crippen molar-refractivity contribution in [2.45, 2.75) is 26.2 Å². The molecule has 3 rings (SSSR count). The van der Waals surface area contributed by atoms with E-state index in [9.17, 15) is 4.79 Å². The van der Waals surface area contributed by atoms with Gasteiger partial charge in [0.2, 0.25) is 5.91 Å². The van der Waals surface area contributed by atoms with Crippen LogP contribution in [-0.4, -0.2) is 25.5 Å². The molecule has 0 unspecified atom stereocenters.